The van der Waals surface area contributed by atoms with Crippen LogP contribution in [0.5, 0.6) is 0 Å². The van der Waals surface area contributed by atoms with E-state index in [0.29, 0.717) is 37.8 Å². The lowest BCUT2D eigenvalue weighted by Gasteiger charge is -2.16. The molecule has 1 aliphatic rings. The molecule has 0 unspecified atom stereocenters. The number of carbonyl (C=O) groups is 1. The predicted molar refractivity (Wildman–Crippen MR) is 113 cm³/mol. The number of rotatable bonds is 1. The average molecular weight is 391 g/mol. The van der Waals surface area contributed by atoms with Crippen LogP contribution in [0.2, 0.25) is 0 Å². The molecule has 0 aromatic carbocycles. The maximum absolute atomic E-state index is 12.2. The number of likely N-dealkylation sites (N-methyl/N-ethyl adjacent to an activating group) is 1. The first-order valence-electron chi connectivity index (χ1n) is 9.45. The van der Waals surface area contributed by atoms with Crippen molar-refractivity contribution >= 4 is 11.9 Å². The fourth-order valence-corrected chi connectivity index (χ4v) is 2.79. The molecule has 2 aromatic rings. The lowest BCUT2D eigenvalue weighted by Crippen LogP contribution is -2.29. The number of nitrogens with zero attached hydrogens (tertiary/aromatic N) is 5. The largest absolute Gasteiger partial charge is 0.351 e. The summed E-state index contributed by atoms with van der Waals surface area (Å²) in [5.41, 5.74) is 2.64. The van der Waals surface area contributed by atoms with Crippen LogP contribution in [-0.2, 0) is 11.3 Å². The van der Waals surface area contributed by atoms with Crippen LogP contribution in [0.4, 0.5) is 5.95 Å². The first-order chi connectivity index (χ1) is 14.1. The Kier molecular flexibility index (Phi) is 7.18. The molecule has 0 atom stereocenters. The van der Waals surface area contributed by atoms with Crippen LogP contribution in [-0.4, -0.2) is 57.4 Å². The van der Waals surface area contributed by atoms with Gasteiger partial charge in [0.1, 0.15) is 6.33 Å². The normalized spacial score (nSPS) is 19.3. The average Bonchev–Trinajstić information content (AvgIpc) is 2.75. The second-order valence-electron chi connectivity index (χ2n) is 6.69. The van der Waals surface area contributed by atoms with Gasteiger partial charge in [0.05, 0.1) is 12.2 Å². The number of aromatic nitrogens is 4. The molecule has 1 aliphatic heterocycles. The van der Waals surface area contributed by atoms with Gasteiger partial charge in [-0.2, -0.15) is 4.98 Å². The third-order valence-corrected chi connectivity index (χ3v) is 4.37. The molecule has 2 aromatic heterocycles. The fourth-order valence-electron chi connectivity index (χ4n) is 2.79. The van der Waals surface area contributed by atoms with Gasteiger partial charge in [-0.3, -0.25) is 9.78 Å². The van der Waals surface area contributed by atoms with Crippen molar-refractivity contribution in [3.8, 4) is 11.4 Å². The molecule has 8 heteroatoms. The van der Waals surface area contributed by atoms with Crippen LogP contribution in [0.1, 0.15) is 12.1 Å². The Morgan fingerprint density at radius 1 is 1.24 bits per heavy atom. The molecule has 4 bridgehead atoms. The highest BCUT2D eigenvalue weighted by Gasteiger charge is 2.08. The van der Waals surface area contributed by atoms with E-state index in [4.69, 9.17) is 0 Å². The minimum Gasteiger partial charge on any atom is -0.351 e. The topological polar surface area (TPSA) is 95.9 Å². The molecule has 3 heterocycles. The summed E-state index contributed by atoms with van der Waals surface area (Å²) in [5.74, 6) is 1.03. The molecular weight excluding hydrogens is 366 g/mol. The number of hydrogen-bond donors (Lipinski definition) is 2. The number of fused-ring (bicyclic) bond motifs is 5. The maximum Gasteiger partial charge on any atom is 0.226 e. The summed E-state index contributed by atoms with van der Waals surface area (Å²) < 4.78 is 0. The van der Waals surface area contributed by atoms with Crippen LogP contribution < -0.4 is 10.6 Å². The van der Waals surface area contributed by atoms with Gasteiger partial charge in [0.2, 0.25) is 11.9 Å². The lowest BCUT2D eigenvalue weighted by molar-refractivity contribution is -0.121. The van der Waals surface area contributed by atoms with Crippen molar-refractivity contribution in [2.24, 2.45) is 0 Å². The van der Waals surface area contributed by atoms with Crippen LogP contribution in [0.3, 0.4) is 0 Å². The zero-order chi connectivity index (χ0) is 20.5. The van der Waals surface area contributed by atoms with Crippen molar-refractivity contribution in [2.75, 3.05) is 32.0 Å². The van der Waals surface area contributed by atoms with Gasteiger partial charge in [-0.05, 0) is 24.8 Å². The van der Waals surface area contributed by atoms with Crippen molar-refractivity contribution in [1.29, 1.82) is 0 Å². The molecule has 3 rings (SSSR count). The number of pyridine rings is 1. The molecular formula is C21H25N7O. The van der Waals surface area contributed by atoms with Gasteiger partial charge >= 0.3 is 0 Å². The summed E-state index contributed by atoms with van der Waals surface area (Å²) in [6, 6.07) is 3.71. The predicted octanol–water partition coefficient (Wildman–Crippen LogP) is 1.97. The Morgan fingerprint density at radius 2 is 2.14 bits per heavy atom. The van der Waals surface area contributed by atoms with Gasteiger partial charge in [-0.25, -0.2) is 9.97 Å². The van der Waals surface area contributed by atoms with Crippen molar-refractivity contribution in [1.82, 2.24) is 30.2 Å². The molecule has 0 fully saturated rings. The van der Waals surface area contributed by atoms with Crippen LogP contribution in [0.25, 0.3) is 11.4 Å². The number of allylic oxidation sites excluding steroid dienone is 2. The molecule has 0 saturated carbocycles. The van der Waals surface area contributed by atoms with Crippen molar-refractivity contribution in [3.63, 3.8) is 0 Å². The second kappa shape index (κ2) is 10.2. The molecule has 8 nitrogen and oxygen atoms in total. The van der Waals surface area contributed by atoms with Crippen LogP contribution >= 0.6 is 0 Å². The van der Waals surface area contributed by atoms with E-state index < -0.39 is 0 Å². The Balaban J connectivity index is 1.83. The SMILES string of the molecule is C=C/C1=C\C=C/CNc2ncnc(n2)-c2ccnc(c2)CNC(=O)CCN(C)C1. The van der Waals surface area contributed by atoms with E-state index in [-0.39, 0.29) is 5.91 Å². The summed E-state index contributed by atoms with van der Waals surface area (Å²) in [6.07, 6.45) is 11.4. The van der Waals surface area contributed by atoms with E-state index in [1.807, 2.05) is 43.5 Å². The van der Waals surface area contributed by atoms with E-state index >= 15 is 0 Å². The van der Waals surface area contributed by atoms with Crippen molar-refractivity contribution < 1.29 is 4.79 Å². The van der Waals surface area contributed by atoms with E-state index in [1.165, 1.54) is 6.33 Å². The van der Waals surface area contributed by atoms with Gasteiger partial charge in [-0.1, -0.05) is 30.9 Å². The van der Waals surface area contributed by atoms with Gasteiger partial charge < -0.3 is 15.5 Å². The Labute approximate surface area is 170 Å². The first kappa shape index (κ1) is 20.3. The monoisotopic (exact) mass is 391 g/mol. The van der Waals surface area contributed by atoms with Crippen LogP contribution in [0, 0.1) is 0 Å². The molecule has 150 valence electrons. The first-order valence-corrected chi connectivity index (χ1v) is 9.45. The second-order valence-corrected chi connectivity index (χ2v) is 6.69. The number of anilines is 1. The minimum atomic E-state index is -0.0161. The van der Waals surface area contributed by atoms with E-state index in [0.717, 1.165) is 23.4 Å². The van der Waals surface area contributed by atoms with E-state index in [9.17, 15) is 4.79 Å². The highest BCUT2D eigenvalue weighted by atomic mass is 16.1. The van der Waals surface area contributed by atoms with Gasteiger partial charge in [0.25, 0.3) is 0 Å². The zero-order valence-corrected chi connectivity index (χ0v) is 16.5. The lowest BCUT2D eigenvalue weighted by atomic mass is 10.2. The molecule has 29 heavy (non-hydrogen) atoms. The minimum absolute atomic E-state index is 0.0161. The van der Waals surface area contributed by atoms with E-state index in [1.54, 1.807) is 6.20 Å². The summed E-state index contributed by atoms with van der Waals surface area (Å²) >= 11 is 0. The van der Waals surface area contributed by atoms with Gasteiger partial charge in [0, 0.05) is 37.8 Å². The van der Waals surface area contributed by atoms with Crippen LogP contribution in [0.15, 0.2) is 61.1 Å². The highest BCUT2D eigenvalue weighted by molar-refractivity contribution is 5.76. The number of carbonyl (C=O) groups excluding carboxylic acids is 1. The molecule has 1 amide bonds. The fraction of sp³-hybridized carbons (Fsp3) is 0.286. The molecule has 0 radical (unpaired) electrons. The number of amides is 1. The Bertz CT molecular complexity index is 923. The Hall–Kier alpha value is -3.39. The van der Waals surface area contributed by atoms with Gasteiger partial charge in [-0.15, -0.1) is 0 Å². The summed E-state index contributed by atoms with van der Waals surface area (Å²) in [6.45, 7) is 6.18. The molecule has 0 aliphatic carbocycles. The van der Waals surface area contributed by atoms with E-state index in [2.05, 4.69) is 42.0 Å². The molecule has 0 saturated heterocycles. The number of hydrogen-bond acceptors (Lipinski definition) is 7. The number of nitrogens with one attached hydrogen (secondary N) is 2. The third kappa shape index (κ3) is 6.32. The summed E-state index contributed by atoms with van der Waals surface area (Å²) in [7, 11) is 1.99. The third-order valence-electron chi connectivity index (χ3n) is 4.37. The zero-order valence-electron chi connectivity index (χ0n) is 16.5. The van der Waals surface area contributed by atoms with Crippen molar-refractivity contribution in [2.45, 2.75) is 13.0 Å². The smallest absolute Gasteiger partial charge is 0.226 e. The maximum atomic E-state index is 12.2. The van der Waals surface area contributed by atoms with Crippen molar-refractivity contribution in [3.05, 3.63) is 66.8 Å². The summed E-state index contributed by atoms with van der Waals surface area (Å²) in [4.78, 5) is 31.5. The molecule has 0 spiro atoms. The quantitative estimate of drug-likeness (QED) is 0.767. The standard InChI is InChI=1S/C21H25N7O/c1-3-16-6-4-5-9-23-21-26-15-25-20(27-21)17-7-10-22-18(12-17)13-24-19(29)8-11-28(2)14-16/h3-7,10,12,15H,1,8-9,11,13-14H2,2H3,(H,24,29)(H,23,25,26,27)/b5-4-,16-6+. The Morgan fingerprint density at radius 3 is 3.00 bits per heavy atom. The van der Waals surface area contributed by atoms with Gasteiger partial charge in [0.15, 0.2) is 5.82 Å². The summed E-state index contributed by atoms with van der Waals surface area (Å²) in [5, 5.41) is 6.09. The highest BCUT2D eigenvalue weighted by Crippen LogP contribution is 2.15. The molecule has 2 N–H and O–H groups in total.